The van der Waals surface area contributed by atoms with Crippen molar-refractivity contribution in [3.05, 3.63) is 11.6 Å². The number of carbonyl (C=O) groups is 1. The van der Waals surface area contributed by atoms with Gasteiger partial charge in [-0.3, -0.25) is 0 Å². The standard InChI is InChI=1S/C15H24F3NO2/c1-9(8-19-13(20)21-14(3,4)5)11-6-7-12(10(11)2)15(16,17)18/h6,9-10,12H,7-8H2,1-5H3,(H,19,20)/t9?,10-,12+/m0/s1. The van der Waals surface area contributed by atoms with Gasteiger partial charge in [-0.05, 0) is 39.0 Å². The fourth-order valence-electron chi connectivity index (χ4n) is 2.62. The third-order valence-electron chi connectivity index (χ3n) is 3.68. The topological polar surface area (TPSA) is 38.3 Å². The second-order valence-electron chi connectivity index (χ2n) is 6.66. The van der Waals surface area contributed by atoms with Crippen LogP contribution in [0, 0.1) is 17.8 Å². The summed E-state index contributed by atoms with van der Waals surface area (Å²) in [7, 11) is 0. The summed E-state index contributed by atoms with van der Waals surface area (Å²) < 4.78 is 43.6. The Bertz CT molecular complexity index is 410. The molecule has 3 nitrogen and oxygen atoms in total. The molecule has 122 valence electrons. The molecule has 1 aliphatic rings. The Labute approximate surface area is 123 Å². The molecular formula is C15H24F3NO2. The average Bonchev–Trinajstić information content (AvgIpc) is 2.65. The van der Waals surface area contributed by atoms with Crippen LogP contribution >= 0.6 is 0 Å². The van der Waals surface area contributed by atoms with E-state index in [0.29, 0.717) is 0 Å². The minimum Gasteiger partial charge on any atom is -0.444 e. The van der Waals surface area contributed by atoms with Crippen molar-refractivity contribution < 1.29 is 22.7 Å². The molecule has 0 radical (unpaired) electrons. The summed E-state index contributed by atoms with van der Waals surface area (Å²) in [5, 5.41) is 2.61. The number of alkyl halides is 3. The fourth-order valence-corrected chi connectivity index (χ4v) is 2.62. The highest BCUT2D eigenvalue weighted by Crippen LogP contribution is 2.44. The van der Waals surface area contributed by atoms with Gasteiger partial charge in [-0.25, -0.2) is 4.79 Å². The van der Waals surface area contributed by atoms with Crippen LogP contribution in [0.1, 0.15) is 41.0 Å². The first-order chi connectivity index (χ1) is 9.42. The molecule has 0 aromatic carbocycles. The molecule has 0 saturated carbocycles. The Balaban J connectivity index is 2.51. The quantitative estimate of drug-likeness (QED) is 0.790. The van der Waals surface area contributed by atoms with E-state index < -0.39 is 29.7 Å². The van der Waals surface area contributed by atoms with Crippen LogP contribution in [0.15, 0.2) is 11.6 Å². The summed E-state index contributed by atoms with van der Waals surface area (Å²) in [6, 6.07) is 0. The van der Waals surface area contributed by atoms with Crippen LogP contribution in [-0.2, 0) is 4.74 Å². The number of nitrogens with one attached hydrogen (secondary N) is 1. The molecule has 0 aliphatic heterocycles. The Morgan fingerprint density at radius 2 is 2.00 bits per heavy atom. The van der Waals surface area contributed by atoms with Gasteiger partial charge in [0.1, 0.15) is 5.60 Å². The van der Waals surface area contributed by atoms with Crippen LogP contribution in [-0.4, -0.2) is 24.4 Å². The SMILES string of the molecule is CC(CNC(=O)OC(C)(C)C)C1=CC[C@@H](C(F)(F)F)[C@H]1C. The third kappa shape index (κ3) is 5.25. The lowest BCUT2D eigenvalue weighted by Gasteiger charge is -2.25. The van der Waals surface area contributed by atoms with Crippen molar-refractivity contribution in [2.45, 2.75) is 52.8 Å². The highest BCUT2D eigenvalue weighted by molar-refractivity contribution is 5.67. The fraction of sp³-hybridized carbons (Fsp3) is 0.800. The largest absolute Gasteiger partial charge is 0.444 e. The van der Waals surface area contributed by atoms with Crippen LogP contribution in [0.25, 0.3) is 0 Å². The van der Waals surface area contributed by atoms with E-state index in [1.165, 1.54) is 0 Å². The molecule has 1 amide bonds. The van der Waals surface area contributed by atoms with Crippen molar-refractivity contribution in [3.8, 4) is 0 Å². The number of hydrogen-bond acceptors (Lipinski definition) is 2. The smallest absolute Gasteiger partial charge is 0.407 e. The number of amides is 1. The highest BCUT2D eigenvalue weighted by atomic mass is 19.4. The van der Waals surface area contributed by atoms with E-state index in [9.17, 15) is 18.0 Å². The van der Waals surface area contributed by atoms with E-state index in [4.69, 9.17) is 4.74 Å². The Morgan fingerprint density at radius 3 is 2.43 bits per heavy atom. The van der Waals surface area contributed by atoms with Gasteiger partial charge in [-0.2, -0.15) is 13.2 Å². The normalized spacial score (nSPS) is 24.5. The summed E-state index contributed by atoms with van der Waals surface area (Å²) in [4.78, 5) is 11.6. The van der Waals surface area contributed by atoms with Crippen LogP contribution in [0.4, 0.5) is 18.0 Å². The van der Waals surface area contributed by atoms with E-state index in [-0.39, 0.29) is 18.9 Å². The van der Waals surface area contributed by atoms with Gasteiger partial charge in [-0.15, -0.1) is 0 Å². The number of hydrogen-bond donors (Lipinski definition) is 1. The number of ether oxygens (including phenoxy) is 1. The molecule has 1 rings (SSSR count). The maximum atomic E-state index is 12.8. The van der Waals surface area contributed by atoms with Gasteiger partial charge in [0.25, 0.3) is 0 Å². The molecule has 0 fully saturated rings. The van der Waals surface area contributed by atoms with Crippen molar-refractivity contribution in [3.63, 3.8) is 0 Å². The molecule has 0 aromatic rings. The van der Waals surface area contributed by atoms with E-state index in [1.807, 2.05) is 6.92 Å². The first-order valence-corrected chi connectivity index (χ1v) is 7.15. The van der Waals surface area contributed by atoms with Crippen LogP contribution in [0.5, 0.6) is 0 Å². The predicted octanol–water partition coefficient (Wildman–Crippen LogP) is 4.29. The van der Waals surface area contributed by atoms with Gasteiger partial charge in [-0.1, -0.05) is 25.5 Å². The number of halogens is 3. The lowest BCUT2D eigenvalue weighted by molar-refractivity contribution is -0.180. The zero-order valence-corrected chi connectivity index (χ0v) is 13.2. The molecule has 0 heterocycles. The highest BCUT2D eigenvalue weighted by Gasteiger charge is 2.46. The number of rotatable bonds is 3. The summed E-state index contributed by atoms with van der Waals surface area (Å²) in [6.07, 6.45) is -3.04. The zero-order valence-electron chi connectivity index (χ0n) is 13.2. The van der Waals surface area contributed by atoms with Gasteiger partial charge in [0.05, 0.1) is 5.92 Å². The van der Waals surface area contributed by atoms with E-state index in [2.05, 4.69) is 5.32 Å². The Kier molecular flexibility index (Phi) is 5.34. The van der Waals surface area contributed by atoms with Crippen molar-refractivity contribution >= 4 is 6.09 Å². The lowest BCUT2D eigenvalue weighted by atomic mass is 9.86. The van der Waals surface area contributed by atoms with Crippen molar-refractivity contribution in [1.29, 1.82) is 0 Å². The molecule has 1 N–H and O–H groups in total. The first-order valence-electron chi connectivity index (χ1n) is 7.15. The van der Waals surface area contributed by atoms with Gasteiger partial charge in [0, 0.05) is 6.54 Å². The molecule has 0 saturated heterocycles. The average molecular weight is 307 g/mol. The molecule has 1 aliphatic carbocycles. The number of alkyl carbamates (subject to hydrolysis) is 1. The second-order valence-corrected chi connectivity index (χ2v) is 6.66. The maximum Gasteiger partial charge on any atom is 0.407 e. The molecule has 21 heavy (non-hydrogen) atoms. The Hall–Kier alpha value is -1.20. The first kappa shape index (κ1) is 17.9. The number of carbonyl (C=O) groups excluding carboxylic acids is 1. The van der Waals surface area contributed by atoms with Crippen molar-refractivity contribution in [2.24, 2.45) is 17.8 Å². The van der Waals surface area contributed by atoms with Crippen molar-refractivity contribution in [2.75, 3.05) is 6.54 Å². The van der Waals surface area contributed by atoms with Gasteiger partial charge >= 0.3 is 12.3 Å². The van der Waals surface area contributed by atoms with Crippen LogP contribution < -0.4 is 5.32 Å². The minimum atomic E-state index is -4.17. The molecule has 6 heteroatoms. The number of allylic oxidation sites excluding steroid dienone is 1. The zero-order chi connectivity index (χ0) is 16.4. The summed E-state index contributed by atoms with van der Waals surface area (Å²) >= 11 is 0. The monoisotopic (exact) mass is 307 g/mol. The van der Waals surface area contributed by atoms with E-state index in [0.717, 1.165) is 5.57 Å². The maximum absolute atomic E-state index is 12.8. The second kappa shape index (κ2) is 6.28. The predicted molar refractivity (Wildman–Crippen MR) is 74.8 cm³/mol. The molecule has 0 bridgehead atoms. The molecule has 0 aromatic heterocycles. The molecule has 3 atom stereocenters. The lowest BCUT2D eigenvalue weighted by Crippen LogP contribution is -2.36. The van der Waals surface area contributed by atoms with Gasteiger partial charge in [0.15, 0.2) is 0 Å². The van der Waals surface area contributed by atoms with Crippen LogP contribution in [0.3, 0.4) is 0 Å². The minimum absolute atomic E-state index is 0.0246. The van der Waals surface area contributed by atoms with E-state index >= 15 is 0 Å². The molecule has 0 spiro atoms. The van der Waals surface area contributed by atoms with Crippen molar-refractivity contribution in [1.82, 2.24) is 5.32 Å². The summed E-state index contributed by atoms with van der Waals surface area (Å²) in [6.45, 7) is 8.96. The third-order valence-corrected chi connectivity index (χ3v) is 3.68. The van der Waals surface area contributed by atoms with Gasteiger partial charge < -0.3 is 10.1 Å². The summed E-state index contributed by atoms with van der Waals surface area (Å²) in [5.41, 5.74) is 0.169. The Morgan fingerprint density at radius 1 is 1.43 bits per heavy atom. The van der Waals surface area contributed by atoms with Crippen LogP contribution in [0.2, 0.25) is 0 Å². The van der Waals surface area contributed by atoms with Gasteiger partial charge in [0.2, 0.25) is 0 Å². The summed E-state index contributed by atoms with van der Waals surface area (Å²) in [5.74, 6) is -1.99. The molecule has 1 unspecified atom stereocenters. The molecular weight excluding hydrogens is 283 g/mol. The van der Waals surface area contributed by atoms with E-state index in [1.54, 1.807) is 33.8 Å².